The summed E-state index contributed by atoms with van der Waals surface area (Å²) in [7, 11) is 2.76. The number of halogens is 1. The van der Waals surface area contributed by atoms with Crippen LogP contribution in [0.4, 0.5) is 0 Å². The van der Waals surface area contributed by atoms with E-state index in [0.29, 0.717) is 9.71 Å². The molecule has 0 aliphatic rings. The number of rotatable bonds is 6. The molecule has 86 valence electrons. The minimum Gasteiger partial charge on any atom is -0.256 e. The van der Waals surface area contributed by atoms with Gasteiger partial charge in [0.2, 0.25) is 0 Å². The lowest BCUT2D eigenvalue weighted by molar-refractivity contribution is 0.539. The van der Waals surface area contributed by atoms with Crippen molar-refractivity contribution in [1.29, 1.82) is 0 Å². The molecule has 0 fully saturated rings. The molecule has 0 saturated carbocycles. The van der Waals surface area contributed by atoms with Gasteiger partial charge in [0.05, 0.1) is 5.69 Å². The summed E-state index contributed by atoms with van der Waals surface area (Å²) in [5.74, 6) is 0.654. The summed E-state index contributed by atoms with van der Waals surface area (Å²) in [4.78, 5) is 0. The fourth-order valence-corrected chi connectivity index (χ4v) is 2.32. The normalized spacial score (nSPS) is 13.4. The Morgan fingerprint density at radius 1 is 1.40 bits per heavy atom. The zero-order chi connectivity index (χ0) is 11.3. The summed E-state index contributed by atoms with van der Waals surface area (Å²) in [5, 5.41) is 4.64. The highest BCUT2D eigenvalue weighted by Crippen LogP contribution is 2.28. The molecule has 4 heteroatoms. The number of aromatic nitrogens is 2. The van der Waals surface area contributed by atoms with Crippen molar-refractivity contribution in [1.82, 2.24) is 9.78 Å². The highest BCUT2D eigenvalue weighted by molar-refractivity contribution is 14.1. The molecule has 0 aliphatic carbocycles. The fraction of sp³-hybridized carbons (Fsp3) is 0.727. The van der Waals surface area contributed by atoms with Crippen molar-refractivity contribution in [3.05, 3.63) is 18.0 Å². The number of hydrogen-bond donors (Lipinski definition) is 0. The molecule has 0 spiro atoms. The van der Waals surface area contributed by atoms with E-state index in [1.54, 1.807) is 0 Å². The minimum absolute atomic E-state index is 0.361. The zero-order valence-electron chi connectivity index (χ0n) is 9.49. The zero-order valence-corrected chi connectivity index (χ0v) is 12.8. The van der Waals surface area contributed by atoms with Crippen LogP contribution in [-0.4, -0.2) is 9.78 Å². The van der Waals surface area contributed by atoms with E-state index in [9.17, 15) is 0 Å². The summed E-state index contributed by atoms with van der Waals surface area (Å²) >= 11 is 2.35. The summed E-state index contributed by atoms with van der Waals surface area (Å²) in [6.07, 6.45) is 7.08. The molecule has 0 aliphatic heterocycles. The van der Waals surface area contributed by atoms with Crippen LogP contribution in [0.3, 0.4) is 0 Å². The lowest BCUT2D eigenvalue weighted by Crippen LogP contribution is -2.02. The quantitative estimate of drug-likeness (QED) is 0.429. The molecule has 1 aromatic heterocycles. The van der Waals surface area contributed by atoms with E-state index in [1.807, 2.05) is 4.68 Å². The van der Waals surface area contributed by atoms with Gasteiger partial charge in [-0.25, -0.2) is 0 Å². The van der Waals surface area contributed by atoms with Gasteiger partial charge in [-0.3, -0.25) is 4.68 Å². The topological polar surface area (TPSA) is 17.8 Å². The Kier molecular flexibility index (Phi) is 6.13. The second kappa shape index (κ2) is 6.85. The van der Waals surface area contributed by atoms with Gasteiger partial charge in [-0.05, 0) is 18.9 Å². The van der Waals surface area contributed by atoms with Crippen LogP contribution >= 0.6 is 31.8 Å². The summed E-state index contributed by atoms with van der Waals surface area (Å²) in [5.41, 5.74) is 1.27. The van der Waals surface area contributed by atoms with Gasteiger partial charge in [-0.15, -0.1) is 9.24 Å². The van der Waals surface area contributed by atoms with Crippen molar-refractivity contribution in [3.63, 3.8) is 0 Å². The van der Waals surface area contributed by atoms with Gasteiger partial charge in [-0.2, -0.15) is 5.10 Å². The largest absolute Gasteiger partial charge is 0.256 e. The first-order chi connectivity index (χ1) is 7.19. The van der Waals surface area contributed by atoms with Crippen LogP contribution in [0, 0.1) is 0 Å². The average molecular weight is 338 g/mol. The molecule has 2 nitrogen and oxygen atoms in total. The Balaban J connectivity index is 2.72. The lowest BCUT2D eigenvalue weighted by atomic mass is 9.95. The Labute approximate surface area is 109 Å². The SMILES string of the molecule is CCCC(CCC)c1ccn(C(P)I)n1. The average Bonchev–Trinajstić information content (AvgIpc) is 2.66. The van der Waals surface area contributed by atoms with Crippen LogP contribution in [0.1, 0.15) is 54.9 Å². The van der Waals surface area contributed by atoms with E-state index < -0.39 is 0 Å². The van der Waals surface area contributed by atoms with Crippen LogP contribution in [0.5, 0.6) is 0 Å². The first kappa shape index (κ1) is 13.4. The summed E-state index contributed by atoms with van der Waals surface area (Å²) < 4.78 is 2.37. The van der Waals surface area contributed by atoms with Gasteiger partial charge in [0.25, 0.3) is 0 Å². The van der Waals surface area contributed by atoms with Gasteiger partial charge in [0.1, 0.15) is 3.79 Å². The first-order valence-corrected chi connectivity index (χ1v) is 7.55. The molecule has 2 unspecified atom stereocenters. The van der Waals surface area contributed by atoms with Crippen LogP contribution in [-0.2, 0) is 0 Å². The molecule has 0 aromatic carbocycles. The van der Waals surface area contributed by atoms with E-state index in [4.69, 9.17) is 0 Å². The van der Waals surface area contributed by atoms with E-state index in [1.165, 1.54) is 31.4 Å². The molecule has 2 atom stereocenters. The maximum Gasteiger partial charge on any atom is 0.116 e. The van der Waals surface area contributed by atoms with E-state index >= 15 is 0 Å². The maximum atomic E-state index is 4.64. The van der Waals surface area contributed by atoms with Gasteiger partial charge in [-0.1, -0.05) is 49.3 Å². The minimum atomic E-state index is 0.361. The Hall–Kier alpha value is 0.370. The second-order valence-corrected chi connectivity index (χ2v) is 7.13. The molecule has 0 amide bonds. The molecule has 15 heavy (non-hydrogen) atoms. The van der Waals surface area contributed by atoms with Crippen LogP contribution in [0.2, 0.25) is 0 Å². The highest BCUT2D eigenvalue weighted by atomic mass is 127. The van der Waals surface area contributed by atoms with Crippen molar-refractivity contribution < 1.29 is 0 Å². The van der Waals surface area contributed by atoms with Crippen molar-refractivity contribution in [2.24, 2.45) is 0 Å². The molecule has 1 aromatic rings. The highest BCUT2D eigenvalue weighted by Gasteiger charge is 2.13. The second-order valence-electron chi connectivity index (χ2n) is 3.87. The van der Waals surface area contributed by atoms with Crippen LogP contribution in [0.15, 0.2) is 12.3 Å². The molecule has 0 saturated heterocycles. The van der Waals surface area contributed by atoms with Crippen LogP contribution < -0.4 is 0 Å². The Bertz CT molecular complexity index is 280. The van der Waals surface area contributed by atoms with Crippen molar-refractivity contribution >= 4 is 31.8 Å². The molecule has 0 bridgehead atoms. The number of alkyl halides is 1. The van der Waals surface area contributed by atoms with Gasteiger partial charge < -0.3 is 0 Å². The monoisotopic (exact) mass is 338 g/mol. The molecule has 0 radical (unpaired) electrons. The molecular weight excluding hydrogens is 318 g/mol. The molecule has 0 N–H and O–H groups in total. The lowest BCUT2D eigenvalue weighted by Gasteiger charge is -2.12. The van der Waals surface area contributed by atoms with E-state index in [-0.39, 0.29) is 0 Å². The smallest absolute Gasteiger partial charge is 0.116 e. The third-order valence-corrected chi connectivity index (χ3v) is 3.45. The third kappa shape index (κ3) is 4.03. The fourth-order valence-electron chi connectivity index (χ4n) is 1.84. The van der Waals surface area contributed by atoms with Gasteiger partial charge >= 0.3 is 0 Å². The number of nitrogens with zero attached hydrogens (tertiary/aromatic N) is 2. The van der Waals surface area contributed by atoms with E-state index in [0.717, 1.165) is 0 Å². The molecular formula is C11H20IN2P. The maximum absolute atomic E-state index is 4.64. The summed E-state index contributed by atoms with van der Waals surface area (Å²) in [6.45, 7) is 4.49. The van der Waals surface area contributed by atoms with Crippen LogP contribution in [0.25, 0.3) is 0 Å². The van der Waals surface area contributed by atoms with Gasteiger partial charge in [0.15, 0.2) is 0 Å². The van der Waals surface area contributed by atoms with E-state index in [2.05, 4.69) is 63.0 Å². The Morgan fingerprint density at radius 2 is 2.00 bits per heavy atom. The predicted molar refractivity (Wildman–Crippen MR) is 77.6 cm³/mol. The molecule has 1 rings (SSSR count). The first-order valence-electron chi connectivity index (χ1n) is 5.63. The predicted octanol–water partition coefficient (Wildman–Crippen LogP) is 4.33. The van der Waals surface area contributed by atoms with Crippen molar-refractivity contribution in [2.75, 3.05) is 0 Å². The Morgan fingerprint density at radius 3 is 2.40 bits per heavy atom. The number of hydrogen-bond acceptors (Lipinski definition) is 1. The summed E-state index contributed by atoms with van der Waals surface area (Å²) in [6, 6.07) is 2.17. The van der Waals surface area contributed by atoms with Gasteiger partial charge in [0, 0.05) is 12.1 Å². The standard InChI is InChI=1S/C11H20IN2P/c1-3-5-9(6-4-2)10-7-8-14(13-10)11(12)15/h7-9,11H,3-6,15H2,1-2H3. The van der Waals surface area contributed by atoms with Crippen molar-refractivity contribution in [3.8, 4) is 0 Å². The van der Waals surface area contributed by atoms with Crippen molar-refractivity contribution in [2.45, 2.75) is 49.2 Å². The third-order valence-electron chi connectivity index (χ3n) is 2.57. The molecule has 1 heterocycles.